The van der Waals surface area contributed by atoms with Crippen LogP contribution < -0.4 is 5.32 Å². The Labute approximate surface area is 148 Å². The number of carbonyl (C=O) groups excluding carboxylic acids is 1. The second kappa shape index (κ2) is 7.59. The predicted octanol–water partition coefficient (Wildman–Crippen LogP) is 4.99. The zero-order valence-corrected chi connectivity index (χ0v) is 14.6. The minimum atomic E-state index is -0.282. The molecule has 6 heteroatoms. The van der Waals surface area contributed by atoms with Crippen LogP contribution in [0.15, 0.2) is 58.8 Å². The first kappa shape index (κ1) is 16.7. The second-order valence-electron chi connectivity index (χ2n) is 5.14. The molecule has 1 aromatic heterocycles. The van der Waals surface area contributed by atoms with E-state index in [-0.39, 0.29) is 17.5 Å². The number of nitrogens with zero attached hydrogens (tertiary/aromatic N) is 1. The molecule has 24 heavy (non-hydrogen) atoms. The number of amides is 1. The van der Waals surface area contributed by atoms with Crippen LogP contribution in [-0.2, 0) is 4.79 Å². The van der Waals surface area contributed by atoms with E-state index < -0.39 is 0 Å². The lowest BCUT2D eigenvalue weighted by Gasteiger charge is -2.03. The molecule has 122 valence electrons. The molecule has 0 aliphatic rings. The van der Waals surface area contributed by atoms with Gasteiger partial charge in [0.25, 0.3) is 0 Å². The van der Waals surface area contributed by atoms with Crippen LogP contribution in [0, 0.1) is 12.7 Å². The number of thioether (sulfide) groups is 1. The van der Waals surface area contributed by atoms with Crippen molar-refractivity contribution in [1.29, 1.82) is 0 Å². The van der Waals surface area contributed by atoms with Crippen molar-refractivity contribution < 1.29 is 9.18 Å². The molecule has 0 aliphatic heterocycles. The van der Waals surface area contributed by atoms with Gasteiger partial charge in [0.1, 0.15) is 5.82 Å². The number of aromatic nitrogens is 1. The lowest BCUT2D eigenvalue weighted by molar-refractivity contribution is -0.113. The maximum absolute atomic E-state index is 12.8. The largest absolute Gasteiger partial charge is 0.301 e. The lowest BCUT2D eigenvalue weighted by atomic mass is 10.1. The fourth-order valence-electron chi connectivity index (χ4n) is 2.15. The Kier molecular flexibility index (Phi) is 5.27. The van der Waals surface area contributed by atoms with Crippen molar-refractivity contribution in [2.24, 2.45) is 0 Å². The summed E-state index contributed by atoms with van der Waals surface area (Å²) in [7, 11) is 0. The highest BCUT2D eigenvalue weighted by atomic mass is 32.2. The van der Waals surface area contributed by atoms with Crippen molar-refractivity contribution in [3.8, 4) is 11.3 Å². The quantitative estimate of drug-likeness (QED) is 0.654. The van der Waals surface area contributed by atoms with Crippen molar-refractivity contribution in [2.45, 2.75) is 11.8 Å². The molecule has 1 amide bonds. The Balaban J connectivity index is 1.59. The number of rotatable bonds is 5. The van der Waals surface area contributed by atoms with Crippen molar-refractivity contribution >= 4 is 34.1 Å². The van der Waals surface area contributed by atoms with Gasteiger partial charge < -0.3 is 5.32 Å². The molecule has 0 aliphatic carbocycles. The maximum Gasteiger partial charge on any atom is 0.236 e. The van der Waals surface area contributed by atoms with E-state index in [1.54, 1.807) is 12.1 Å². The van der Waals surface area contributed by atoms with Crippen LogP contribution in [0.25, 0.3) is 11.3 Å². The molecule has 0 radical (unpaired) electrons. The fourth-order valence-corrected chi connectivity index (χ4v) is 3.58. The Morgan fingerprint density at radius 1 is 1.21 bits per heavy atom. The summed E-state index contributed by atoms with van der Waals surface area (Å²) in [5, 5.41) is 5.32. The summed E-state index contributed by atoms with van der Waals surface area (Å²) in [5.41, 5.74) is 3.07. The van der Waals surface area contributed by atoms with Gasteiger partial charge in [-0.15, -0.1) is 23.1 Å². The fraction of sp³-hybridized carbons (Fsp3) is 0.111. The molecule has 0 saturated carbocycles. The highest BCUT2D eigenvalue weighted by Gasteiger charge is 2.10. The van der Waals surface area contributed by atoms with Crippen molar-refractivity contribution in [3.05, 3.63) is 65.3 Å². The molecule has 1 heterocycles. The number of thiazole rings is 1. The van der Waals surface area contributed by atoms with E-state index >= 15 is 0 Å². The minimum absolute atomic E-state index is 0.130. The summed E-state index contributed by atoms with van der Waals surface area (Å²) >= 11 is 2.76. The molecule has 3 rings (SSSR count). The van der Waals surface area contributed by atoms with Crippen molar-refractivity contribution in [3.63, 3.8) is 0 Å². The number of carbonyl (C=O) groups is 1. The normalized spacial score (nSPS) is 10.6. The molecule has 0 fully saturated rings. The lowest BCUT2D eigenvalue weighted by Crippen LogP contribution is -2.13. The average Bonchev–Trinajstić information content (AvgIpc) is 3.03. The van der Waals surface area contributed by atoms with Crippen LogP contribution in [0.1, 0.15) is 5.56 Å². The van der Waals surface area contributed by atoms with Gasteiger partial charge >= 0.3 is 0 Å². The molecule has 2 aromatic carbocycles. The summed E-state index contributed by atoms with van der Waals surface area (Å²) in [6.45, 7) is 2.03. The monoisotopic (exact) mass is 358 g/mol. The van der Waals surface area contributed by atoms with Gasteiger partial charge in [-0.3, -0.25) is 4.79 Å². The number of anilines is 1. The average molecular weight is 358 g/mol. The number of benzene rings is 2. The van der Waals surface area contributed by atoms with Crippen LogP contribution in [0.3, 0.4) is 0 Å². The van der Waals surface area contributed by atoms with E-state index in [1.807, 2.05) is 36.6 Å². The second-order valence-corrected chi connectivity index (χ2v) is 7.05. The van der Waals surface area contributed by atoms with Crippen molar-refractivity contribution in [2.75, 3.05) is 11.1 Å². The van der Waals surface area contributed by atoms with E-state index in [1.165, 1.54) is 35.2 Å². The zero-order chi connectivity index (χ0) is 16.9. The van der Waals surface area contributed by atoms with E-state index in [4.69, 9.17) is 0 Å². The Hall–Kier alpha value is -2.18. The van der Waals surface area contributed by atoms with Gasteiger partial charge in [0.2, 0.25) is 5.91 Å². The number of aryl methyl sites for hydroxylation is 1. The summed E-state index contributed by atoms with van der Waals surface area (Å²) in [4.78, 5) is 17.4. The summed E-state index contributed by atoms with van der Waals surface area (Å²) in [6.07, 6.45) is 0. The predicted molar refractivity (Wildman–Crippen MR) is 98.0 cm³/mol. The minimum Gasteiger partial charge on any atom is -0.301 e. The van der Waals surface area contributed by atoms with E-state index in [0.29, 0.717) is 5.13 Å². The standard InChI is InChI=1S/C18H15FN2OS2/c1-12-4-2-3-5-15(12)16-10-24-18(20-16)21-17(22)11-23-14-8-6-13(19)7-9-14/h2-10H,11H2,1H3,(H,20,21,22). The SMILES string of the molecule is Cc1ccccc1-c1csc(NC(=O)CSc2ccc(F)cc2)n1. The van der Waals surface area contributed by atoms with Gasteiger partial charge in [-0.05, 0) is 36.8 Å². The topological polar surface area (TPSA) is 42.0 Å². The number of hydrogen-bond donors (Lipinski definition) is 1. The van der Waals surface area contributed by atoms with Crippen LogP contribution in [0.2, 0.25) is 0 Å². The third kappa shape index (κ3) is 4.21. The molecule has 3 nitrogen and oxygen atoms in total. The molecule has 1 N–H and O–H groups in total. The van der Waals surface area contributed by atoms with Crippen LogP contribution in [0.5, 0.6) is 0 Å². The van der Waals surface area contributed by atoms with Gasteiger partial charge in [-0.2, -0.15) is 0 Å². The number of hydrogen-bond acceptors (Lipinski definition) is 4. The van der Waals surface area contributed by atoms with Gasteiger partial charge in [-0.25, -0.2) is 9.37 Å². The highest BCUT2D eigenvalue weighted by Crippen LogP contribution is 2.27. The summed E-state index contributed by atoms with van der Waals surface area (Å²) in [5.74, 6) is -0.157. The van der Waals surface area contributed by atoms with Crippen LogP contribution >= 0.6 is 23.1 Å². The van der Waals surface area contributed by atoms with E-state index in [2.05, 4.69) is 10.3 Å². The van der Waals surface area contributed by atoms with Crippen LogP contribution in [-0.4, -0.2) is 16.6 Å². The molecule has 0 bridgehead atoms. The molecule has 0 atom stereocenters. The first-order valence-corrected chi connectivity index (χ1v) is 9.18. The van der Waals surface area contributed by atoms with Gasteiger partial charge in [0.15, 0.2) is 5.13 Å². The van der Waals surface area contributed by atoms with Crippen LogP contribution in [0.4, 0.5) is 9.52 Å². The summed E-state index contributed by atoms with van der Waals surface area (Å²) in [6, 6.07) is 14.1. The third-order valence-electron chi connectivity index (χ3n) is 3.36. The highest BCUT2D eigenvalue weighted by molar-refractivity contribution is 8.00. The molecular formula is C18H15FN2OS2. The molecular weight excluding hydrogens is 343 g/mol. The first-order valence-electron chi connectivity index (χ1n) is 7.31. The molecule has 3 aromatic rings. The zero-order valence-electron chi connectivity index (χ0n) is 13.0. The van der Waals surface area contributed by atoms with Gasteiger partial charge in [0, 0.05) is 15.8 Å². The van der Waals surface area contributed by atoms with Gasteiger partial charge in [-0.1, -0.05) is 24.3 Å². The maximum atomic E-state index is 12.8. The molecule has 0 spiro atoms. The third-order valence-corrected chi connectivity index (χ3v) is 5.12. The first-order chi connectivity index (χ1) is 11.6. The Morgan fingerprint density at radius 2 is 1.96 bits per heavy atom. The number of nitrogens with one attached hydrogen (secondary N) is 1. The van der Waals surface area contributed by atoms with Crippen molar-refractivity contribution in [1.82, 2.24) is 4.98 Å². The van der Waals surface area contributed by atoms with E-state index in [0.717, 1.165) is 21.7 Å². The number of halogens is 1. The molecule has 0 unspecified atom stereocenters. The van der Waals surface area contributed by atoms with E-state index in [9.17, 15) is 9.18 Å². The Morgan fingerprint density at radius 3 is 2.71 bits per heavy atom. The summed E-state index contributed by atoms with van der Waals surface area (Å²) < 4.78 is 12.8. The smallest absolute Gasteiger partial charge is 0.236 e. The Bertz CT molecular complexity index is 846. The van der Waals surface area contributed by atoms with Gasteiger partial charge in [0.05, 0.1) is 11.4 Å². The molecule has 0 saturated heterocycles.